The highest BCUT2D eigenvalue weighted by Gasteiger charge is 2.14. The van der Waals surface area contributed by atoms with Crippen LogP contribution in [0, 0.1) is 6.92 Å². The number of ether oxygens (including phenoxy) is 1. The number of methoxy groups -OCH3 is 1. The van der Waals surface area contributed by atoms with Crippen molar-refractivity contribution in [1.29, 1.82) is 0 Å². The van der Waals surface area contributed by atoms with E-state index in [-0.39, 0.29) is 12.3 Å². The molecule has 0 atom stereocenters. The summed E-state index contributed by atoms with van der Waals surface area (Å²) in [5.74, 6) is 1.20. The zero-order valence-corrected chi connectivity index (χ0v) is 14.0. The zero-order valence-electron chi connectivity index (χ0n) is 14.0. The summed E-state index contributed by atoms with van der Waals surface area (Å²) in [4.78, 5) is 16.4. The SMILES string of the molecule is CCc1ccc(-c2nc(CC(=O)NCCCOC)c(C)o2)cc1. The molecular formula is C18H24N2O3. The highest BCUT2D eigenvalue weighted by atomic mass is 16.5. The molecule has 0 aliphatic carbocycles. The molecule has 0 bridgehead atoms. The van der Waals surface area contributed by atoms with Crippen LogP contribution in [0.3, 0.4) is 0 Å². The Morgan fingerprint density at radius 1 is 1.30 bits per heavy atom. The van der Waals surface area contributed by atoms with Gasteiger partial charge in [0.05, 0.1) is 12.1 Å². The summed E-state index contributed by atoms with van der Waals surface area (Å²) in [6.45, 7) is 5.20. The van der Waals surface area contributed by atoms with Crippen LogP contribution in [-0.4, -0.2) is 31.2 Å². The Balaban J connectivity index is 1.98. The third-order valence-electron chi connectivity index (χ3n) is 3.68. The van der Waals surface area contributed by atoms with Crippen LogP contribution in [0.15, 0.2) is 28.7 Å². The third-order valence-corrected chi connectivity index (χ3v) is 3.68. The monoisotopic (exact) mass is 316 g/mol. The first-order valence-electron chi connectivity index (χ1n) is 7.95. The smallest absolute Gasteiger partial charge is 0.226 e. The predicted molar refractivity (Wildman–Crippen MR) is 89.3 cm³/mol. The average molecular weight is 316 g/mol. The fourth-order valence-corrected chi connectivity index (χ4v) is 2.26. The lowest BCUT2D eigenvalue weighted by Gasteiger charge is -2.03. The predicted octanol–water partition coefficient (Wildman–Crippen LogP) is 2.91. The largest absolute Gasteiger partial charge is 0.441 e. The first-order valence-corrected chi connectivity index (χ1v) is 7.95. The number of benzene rings is 1. The van der Waals surface area contributed by atoms with Crippen LogP contribution in [0.5, 0.6) is 0 Å². The first kappa shape index (κ1) is 17.2. The lowest BCUT2D eigenvalue weighted by molar-refractivity contribution is -0.120. The van der Waals surface area contributed by atoms with E-state index in [0.29, 0.717) is 30.5 Å². The molecule has 124 valence electrons. The summed E-state index contributed by atoms with van der Waals surface area (Å²) in [6, 6.07) is 8.13. The molecule has 1 aromatic carbocycles. The minimum atomic E-state index is -0.0506. The van der Waals surface area contributed by atoms with E-state index in [1.54, 1.807) is 7.11 Å². The van der Waals surface area contributed by atoms with Gasteiger partial charge < -0.3 is 14.5 Å². The van der Waals surface area contributed by atoms with Gasteiger partial charge in [0.1, 0.15) is 5.76 Å². The summed E-state index contributed by atoms with van der Waals surface area (Å²) in [5.41, 5.74) is 2.88. The van der Waals surface area contributed by atoms with E-state index >= 15 is 0 Å². The van der Waals surface area contributed by atoms with E-state index in [2.05, 4.69) is 29.4 Å². The van der Waals surface area contributed by atoms with Crippen LogP contribution in [0.1, 0.15) is 30.4 Å². The first-order chi connectivity index (χ1) is 11.1. The number of hydrogen-bond acceptors (Lipinski definition) is 4. The van der Waals surface area contributed by atoms with Crippen LogP contribution in [0.4, 0.5) is 0 Å². The second-order valence-electron chi connectivity index (χ2n) is 5.45. The second kappa shape index (κ2) is 8.48. The Morgan fingerprint density at radius 3 is 2.70 bits per heavy atom. The van der Waals surface area contributed by atoms with Gasteiger partial charge in [-0.25, -0.2) is 4.98 Å². The quantitative estimate of drug-likeness (QED) is 0.761. The van der Waals surface area contributed by atoms with Crippen molar-refractivity contribution in [3.63, 3.8) is 0 Å². The fourth-order valence-electron chi connectivity index (χ4n) is 2.26. The number of nitrogens with one attached hydrogen (secondary N) is 1. The number of carbonyl (C=O) groups excluding carboxylic acids is 1. The van der Waals surface area contributed by atoms with Crippen LogP contribution in [-0.2, 0) is 22.4 Å². The molecule has 0 saturated carbocycles. The van der Waals surface area contributed by atoms with Gasteiger partial charge in [-0.2, -0.15) is 0 Å². The molecule has 1 heterocycles. The van der Waals surface area contributed by atoms with Crippen LogP contribution < -0.4 is 5.32 Å². The minimum Gasteiger partial charge on any atom is -0.441 e. The number of carbonyl (C=O) groups is 1. The molecule has 5 nitrogen and oxygen atoms in total. The van der Waals surface area contributed by atoms with Crippen molar-refractivity contribution >= 4 is 5.91 Å². The van der Waals surface area contributed by atoms with Crippen molar-refractivity contribution in [1.82, 2.24) is 10.3 Å². The number of nitrogens with zero attached hydrogens (tertiary/aromatic N) is 1. The average Bonchev–Trinajstić information content (AvgIpc) is 2.92. The third kappa shape index (κ3) is 4.93. The van der Waals surface area contributed by atoms with Crippen LogP contribution in [0.2, 0.25) is 0 Å². The van der Waals surface area contributed by atoms with E-state index in [1.807, 2.05) is 19.1 Å². The summed E-state index contributed by atoms with van der Waals surface area (Å²) < 4.78 is 10.7. The molecule has 0 fully saturated rings. The molecular weight excluding hydrogens is 292 g/mol. The maximum Gasteiger partial charge on any atom is 0.226 e. The van der Waals surface area contributed by atoms with Crippen molar-refractivity contribution in [2.24, 2.45) is 0 Å². The minimum absolute atomic E-state index is 0.0506. The van der Waals surface area contributed by atoms with Gasteiger partial charge in [0.2, 0.25) is 11.8 Å². The van der Waals surface area contributed by atoms with Crippen molar-refractivity contribution in [2.45, 2.75) is 33.1 Å². The highest BCUT2D eigenvalue weighted by Crippen LogP contribution is 2.22. The molecule has 1 amide bonds. The van der Waals surface area contributed by atoms with E-state index in [9.17, 15) is 4.79 Å². The molecule has 2 aromatic rings. The van der Waals surface area contributed by atoms with Gasteiger partial charge in [0, 0.05) is 25.8 Å². The molecule has 23 heavy (non-hydrogen) atoms. The molecule has 0 aliphatic heterocycles. The summed E-state index contributed by atoms with van der Waals surface area (Å²) >= 11 is 0. The Kier molecular flexibility index (Phi) is 6.35. The van der Waals surface area contributed by atoms with Gasteiger partial charge in [-0.3, -0.25) is 4.79 Å². The number of oxazole rings is 1. The Labute approximate surface area is 137 Å². The number of aromatic nitrogens is 1. The molecule has 5 heteroatoms. The summed E-state index contributed by atoms with van der Waals surface area (Å²) in [6.07, 6.45) is 2.03. The van der Waals surface area contributed by atoms with E-state index in [1.165, 1.54) is 5.56 Å². The van der Waals surface area contributed by atoms with Gasteiger partial charge >= 0.3 is 0 Å². The van der Waals surface area contributed by atoms with Gasteiger partial charge in [0.25, 0.3) is 0 Å². The maximum absolute atomic E-state index is 11.9. The molecule has 0 saturated heterocycles. The van der Waals surface area contributed by atoms with E-state index in [0.717, 1.165) is 18.4 Å². The molecule has 1 N–H and O–H groups in total. The number of aryl methyl sites for hydroxylation is 2. The van der Waals surface area contributed by atoms with Gasteiger partial charge in [-0.05, 0) is 37.5 Å². The normalized spacial score (nSPS) is 10.7. The van der Waals surface area contributed by atoms with Crippen molar-refractivity contribution in [3.05, 3.63) is 41.3 Å². The van der Waals surface area contributed by atoms with E-state index < -0.39 is 0 Å². The molecule has 0 radical (unpaired) electrons. The Bertz CT molecular complexity index is 632. The summed E-state index contributed by atoms with van der Waals surface area (Å²) in [7, 11) is 1.65. The van der Waals surface area contributed by atoms with Gasteiger partial charge in [-0.1, -0.05) is 19.1 Å². The highest BCUT2D eigenvalue weighted by molar-refractivity contribution is 5.78. The van der Waals surface area contributed by atoms with Crippen LogP contribution >= 0.6 is 0 Å². The van der Waals surface area contributed by atoms with Gasteiger partial charge in [-0.15, -0.1) is 0 Å². The topological polar surface area (TPSA) is 64.4 Å². The number of rotatable bonds is 8. The molecule has 0 unspecified atom stereocenters. The second-order valence-corrected chi connectivity index (χ2v) is 5.45. The molecule has 0 aliphatic rings. The van der Waals surface area contributed by atoms with Crippen molar-refractivity contribution in [3.8, 4) is 11.5 Å². The Morgan fingerprint density at radius 2 is 2.04 bits per heavy atom. The number of hydrogen-bond donors (Lipinski definition) is 1. The van der Waals surface area contributed by atoms with Gasteiger partial charge in [0.15, 0.2) is 0 Å². The summed E-state index contributed by atoms with van der Waals surface area (Å²) in [5, 5.41) is 2.86. The van der Waals surface area contributed by atoms with E-state index in [4.69, 9.17) is 9.15 Å². The number of amides is 1. The maximum atomic E-state index is 11.9. The van der Waals surface area contributed by atoms with Crippen molar-refractivity contribution in [2.75, 3.05) is 20.3 Å². The standard InChI is InChI=1S/C18H24N2O3/c1-4-14-6-8-15(9-7-14)18-20-16(13(2)23-18)12-17(21)19-10-5-11-22-3/h6-9H,4-5,10-12H2,1-3H3,(H,19,21). The molecule has 1 aromatic heterocycles. The Hall–Kier alpha value is -2.14. The van der Waals surface area contributed by atoms with Crippen molar-refractivity contribution < 1.29 is 13.9 Å². The molecule has 2 rings (SSSR count). The fraction of sp³-hybridized carbons (Fsp3) is 0.444. The zero-order chi connectivity index (χ0) is 16.7. The van der Waals surface area contributed by atoms with Crippen LogP contribution in [0.25, 0.3) is 11.5 Å². The lowest BCUT2D eigenvalue weighted by Crippen LogP contribution is -2.27. The molecule has 0 spiro atoms. The lowest BCUT2D eigenvalue weighted by atomic mass is 10.1.